The van der Waals surface area contributed by atoms with Gasteiger partial charge in [-0.3, -0.25) is 0 Å². The number of hydrogen-bond acceptors (Lipinski definition) is 2. The summed E-state index contributed by atoms with van der Waals surface area (Å²) in [5, 5.41) is 0. The van der Waals surface area contributed by atoms with Crippen molar-refractivity contribution in [3.63, 3.8) is 0 Å². The maximum Gasteiger partial charge on any atom is 0.0363 e. The van der Waals surface area contributed by atoms with Crippen molar-refractivity contribution < 1.29 is 0 Å². The van der Waals surface area contributed by atoms with Gasteiger partial charge in [0, 0.05) is 31.9 Å². The second kappa shape index (κ2) is 6.46. The standard InChI is InChI=1S/C13H22N2/c1-4-6-8-13(7-5-2)15-11-9-14(3)10-12-15/h5-8H,2,4,9-12H2,1,3H3/b8-6-,13-7+. The van der Waals surface area contributed by atoms with E-state index in [0.29, 0.717) is 0 Å². The van der Waals surface area contributed by atoms with Crippen molar-refractivity contribution in [2.24, 2.45) is 0 Å². The highest BCUT2D eigenvalue weighted by Crippen LogP contribution is 2.10. The third kappa shape index (κ3) is 3.92. The van der Waals surface area contributed by atoms with Crippen molar-refractivity contribution in [3.05, 3.63) is 36.6 Å². The highest BCUT2D eigenvalue weighted by Gasteiger charge is 2.13. The van der Waals surface area contributed by atoms with Crippen LogP contribution in [0.25, 0.3) is 0 Å². The van der Waals surface area contributed by atoms with E-state index in [4.69, 9.17) is 0 Å². The third-order valence-corrected chi connectivity index (χ3v) is 2.68. The number of likely N-dealkylation sites (N-methyl/N-ethyl adjacent to an activating group) is 1. The zero-order chi connectivity index (χ0) is 11.1. The van der Waals surface area contributed by atoms with Crippen LogP contribution in [-0.4, -0.2) is 43.0 Å². The Morgan fingerprint density at radius 1 is 1.27 bits per heavy atom. The van der Waals surface area contributed by atoms with Crippen LogP contribution in [0.5, 0.6) is 0 Å². The normalized spacial score (nSPS) is 19.9. The molecule has 0 aliphatic carbocycles. The average Bonchev–Trinajstić information content (AvgIpc) is 2.25. The Balaban J connectivity index is 2.60. The molecule has 1 aliphatic rings. The lowest BCUT2D eigenvalue weighted by Crippen LogP contribution is -2.43. The molecule has 1 aliphatic heterocycles. The summed E-state index contributed by atoms with van der Waals surface area (Å²) < 4.78 is 0. The van der Waals surface area contributed by atoms with E-state index in [1.807, 2.05) is 6.08 Å². The minimum absolute atomic E-state index is 1.09. The summed E-state index contributed by atoms with van der Waals surface area (Å²) in [7, 11) is 2.18. The number of nitrogens with zero attached hydrogens (tertiary/aromatic N) is 2. The lowest BCUT2D eigenvalue weighted by molar-refractivity contribution is 0.190. The molecule has 1 fully saturated rings. The van der Waals surface area contributed by atoms with Crippen LogP contribution in [0.4, 0.5) is 0 Å². The Morgan fingerprint density at radius 3 is 2.47 bits per heavy atom. The summed E-state index contributed by atoms with van der Waals surface area (Å²) in [5.41, 5.74) is 1.29. The van der Waals surface area contributed by atoms with Crippen LogP contribution in [0.2, 0.25) is 0 Å². The molecule has 0 bridgehead atoms. The van der Waals surface area contributed by atoms with Crippen LogP contribution >= 0.6 is 0 Å². The van der Waals surface area contributed by atoms with Crippen molar-refractivity contribution in [2.75, 3.05) is 33.2 Å². The minimum Gasteiger partial charge on any atom is -0.369 e. The first-order chi connectivity index (χ1) is 7.27. The summed E-state index contributed by atoms with van der Waals surface area (Å²) >= 11 is 0. The Morgan fingerprint density at radius 2 is 1.93 bits per heavy atom. The van der Waals surface area contributed by atoms with Crippen LogP contribution in [0.15, 0.2) is 36.6 Å². The predicted octanol–water partition coefficient (Wildman–Crippen LogP) is 2.27. The molecule has 84 valence electrons. The van der Waals surface area contributed by atoms with E-state index in [-0.39, 0.29) is 0 Å². The molecule has 0 amide bonds. The van der Waals surface area contributed by atoms with Gasteiger partial charge in [0.05, 0.1) is 0 Å². The van der Waals surface area contributed by atoms with Crippen molar-refractivity contribution in [3.8, 4) is 0 Å². The zero-order valence-electron chi connectivity index (χ0n) is 9.95. The van der Waals surface area contributed by atoms with Gasteiger partial charge in [0.25, 0.3) is 0 Å². The van der Waals surface area contributed by atoms with Gasteiger partial charge >= 0.3 is 0 Å². The van der Waals surface area contributed by atoms with Gasteiger partial charge in [0.15, 0.2) is 0 Å². The van der Waals surface area contributed by atoms with Gasteiger partial charge in [-0.15, -0.1) is 0 Å². The fourth-order valence-corrected chi connectivity index (χ4v) is 1.69. The molecule has 0 aromatic heterocycles. The maximum atomic E-state index is 3.77. The van der Waals surface area contributed by atoms with E-state index >= 15 is 0 Å². The number of hydrogen-bond donors (Lipinski definition) is 0. The molecule has 0 aromatic carbocycles. The minimum atomic E-state index is 1.09. The molecular formula is C13H22N2. The zero-order valence-corrected chi connectivity index (χ0v) is 9.95. The van der Waals surface area contributed by atoms with Crippen molar-refractivity contribution in [2.45, 2.75) is 13.3 Å². The first-order valence-corrected chi connectivity index (χ1v) is 5.70. The summed E-state index contributed by atoms with van der Waals surface area (Å²) in [6, 6.07) is 0. The molecular weight excluding hydrogens is 184 g/mol. The fourth-order valence-electron chi connectivity index (χ4n) is 1.69. The van der Waals surface area contributed by atoms with E-state index in [1.54, 1.807) is 0 Å². The molecule has 0 atom stereocenters. The Labute approximate surface area is 93.6 Å². The predicted molar refractivity (Wildman–Crippen MR) is 66.8 cm³/mol. The quantitative estimate of drug-likeness (QED) is 0.651. The lowest BCUT2D eigenvalue weighted by Gasteiger charge is -2.34. The smallest absolute Gasteiger partial charge is 0.0363 e. The van der Waals surface area contributed by atoms with Gasteiger partial charge in [-0.2, -0.15) is 0 Å². The Bertz CT molecular complexity index is 245. The Kier molecular flexibility index (Phi) is 5.19. The van der Waals surface area contributed by atoms with Gasteiger partial charge in [-0.1, -0.05) is 25.7 Å². The first-order valence-electron chi connectivity index (χ1n) is 5.70. The molecule has 1 heterocycles. The van der Waals surface area contributed by atoms with E-state index in [1.165, 1.54) is 5.70 Å². The monoisotopic (exact) mass is 206 g/mol. The van der Waals surface area contributed by atoms with Crippen LogP contribution in [0, 0.1) is 0 Å². The van der Waals surface area contributed by atoms with Gasteiger partial charge in [0.2, 0.25) is 0 Å². The van der Waals surface area contributed by atoms with Crippen LogP contribution in [0.3, 0.4) is 0 Å². The largest absolute Gasteiger partial charge is 0.369 e. The highest BCUT2D eigenvalue weighted by atomic mass is 15.2. The maximum absolute atomic E-state index is 3.77. The van der Waals surface area contributed by atoms with Gasteiger partial charge in [-0.25, -0.2) is 0 Å². The fraction of sp³-hybridized carbons (Fsp3) is 0.538. The third-order valence-electron chi connectivity index (χ3n) is 2.68. The van der Waals surface area contributed by atoms with Gasteiger partial charge in [0.1, 0.15) is 0 Å². The van der Waals surface area contributed by atoms with Crippen molar-refractivity contribution >= 4 is 0 Å². The number of rotatable bonds is 4. The van der Waals surface area contributed by atoms with Crippen molar-refractivity contribution in [1.29, 1.82) is 0 Å². The van der Waals surface area contributed by atoms with Crippen LogP contribution < -0.4 is 0 Å². The van der Waals surface area contributed by atoms with Gasteiger partial charge in [-0.05, 0) is 25.6 Å². The van der Waals surface area contributed by atoms with E-state index in [2.05, 4.69) is 48.6 Å². The summed E-state index contributed by atoms with van der Waals surface area (Å²) in [6.07, 6.45) is 9.45. The molecule has 0 saturated carbocycles. The van der Waals surface area contributed by atoms with E-state index in [9.17, 15) is 0 Å². The highest BCUT2D eigenvalue weighted by molar-refractivity contribution is 5.22. The van der Waals surface area contributed by atoms with Crippen LogP contribution in [-0.2, 0) is 0 Å². The van der Waals surface area contributed by atoms with Crippen LogP contribution in [0.1, 0.15) is 13.3 Å². The molecule has 0 spiro atoms. The molecule has 1 rings (SSSR count). The molecule has 0 unspecified atom stereocenters. The molecule has 2 nitrogen and oxygen atoms in total. The summed E-state index contributed by atoms with van der Waals surface area (Å²) in [5.74, 6) is 0. The van der Waals surface area contributed by atoms with E-state index < -0.39 is 0 Å². The number of allylic oxidation sites excluding steroid dienone is 4. The molecule has 1 saturated heterocycles. The molecule has 2 heteroatoms. The SMILES string of the molecule is C=C/C=C(\C=C/CC)N1CCN(C)CC1. The molecule has 15 heavy (non-hydrogen) atoms. The first kappa shape index (κ1) is 12.1. The number of piperazine rings is 1. The van der Waals surface area contributed by atoms with Crippen molar-refractivity contribution in [1.82, 2.24) is 9.80 Å². The average molecular weight is 206 g/mol. The lowest BCUT2D eigenvalue weighted by atomic mass is 10.2. The molecule has 0 aromatic rings. The molecule has 0 N–H and O–H groups in total. The summed E-state index contributed by atoms with van der Waals surface area (Å²) in [6.45, 7) is 10.5. The molecule has 0 radical (unpaired) electrons. The second-order valence-corrected chi connectivity index (χ2v) is 3.93. The van der Waals surface area contributed by atoms with E-state index in [0.717, 1.165) is 32.6 Å². The summed E-state index contributed by atoms with van der Waals surface area (Å²) in [4.78, 5) is 4.79. The van der Waals surface area contributed by atoms with Gasteiger partial charge < -0.3 is 9.80 Å². The Hall–Kier alpha value is -1.02. The second-order valence-electron chi connectivity index (χ2n) is 3.93. The topological polar surface area (TPSA) is 6.48 Å².